The van der Waals surface area contributed by atoms with Crippen LogP contribution in [0, 0.1) is 24.0 Å². The van der Waals surface area contributed by atoms with Crippen molar-refractivity contribution in [2.75, 3.05) is 0 Å². The van der Waals surface area contributed by atoms with Crippen LogP contribution in [0.2, 0.25) is 0 Å². The van der Waals surface area contributed by atoms with Gasteiger partial charge < -0.3 is 0 Å². The average molecular weight is 382 g/mol. The van der Waals surface area contributed by atoms with Crippen LogP contribution in [-0.2, 0) is 0 Å². The molecule has 0 unspecified atom stereocenters. The molecule has 0 saturated heterocycles. The van der Waals surface area contributed by atoms with E-state index in [4.69, 9.17) is 0 Å². The molecule has 0 aromatic heterocycles. The van der Waals surface area contributed by atoms with E-state index < -0.39 is 0 Å². The van der Waals surface area contributed by atoms with Gasteiger partial charge in [-0.1, -0.05) is 48.5 Å². The van der Waals surface area contributed by atoms with Gasteiger partial charge in [0, 0.05) is 21.9 Å². The Bertz CT molecular complexity index is 862. The van der Waals surface area contributed by atoms with Crippen molar-refractivity contribution >= 4 is 29.2 Å². The van der Waals surface area contributed by atoms with Crippen molar-refractivity contribution in [1.82, 2.24) is 0 Å². The standard InChI is InChI=1S/C21H19NO2S2/c1-15-7-3-5-9-19(15)25-21(26-20-10-6-4-8-16(20)2)17-11-13-18(14-12-17)22(23)24/h3-14,21H,1-2H3. The lowest BCUT2D eigenvalue weighted by molar-refractivity contribution is -0.384. The van der Waals surface area contributed by atoms with Crippen molar-refractivity contribution in [2.45, 2.75) is 28.2 Å². The van der Waals surface area contributed by atoms with E-state index in [2.05, 4.69) is 38.1 Å². The first-order valence-corrected chi connectivity index (χ1v) is 9.99. The minimum Gasteiger partial charge on any atom is -0.258 e. The molecule has 0 aliphatic heterocycles. The molecule has 132 valence electrons. The summed E-state index contributed by atoms with van der Waals surface area (Å²) in [5.74, 6) is 0. The normalized spacial score (nSPS) is 10.9. The first-order valence-electron chi connectivity index (χ1n) is 8.23. The number of benzene rings is 3. The molecule has 0 amide bonds. The fourth-order valence-electron chi connectivity index (χ4n) is 2.52. The number of aryl methyl sites for hydroxylation is 2. The zero-order chi connectivity index (χ0) is 18.5. The Balaban J connectivity index is 1.94. The van der Waals surface area contributed by atoms with Crippen LogP contribution in [0.3, 0.4) is 0 Å². The summed E-state index contributed by atoms with van der Waals surface area (Å²) in [5.41, 5.74) is 3.65. The second kappa shape index (κ2) is 8.43. The number of hydrogen-bond acceptors (Lipinski definition) is 4. The van der Waals surface area contributed by atoms with E-state index in [-0.39, 0.29) is 15.2 Å². The number of hydrogen-bond donors (Lipinski definition) is 0. The fraction of sp³-hybridized carbons (Fsp3) is 0.143. The van der Waals surface area contributed by atoms with Gasteiger partial charge in [0.1, 0.15) is 0 Å². The summed E-state index contributed by atoms with van der Waals surface area (Å²) < 4.78 is 0.109. The molecule has 0 bridgehead atoms. The SMILES string of the molecule is Cc1ccccc1SC(Sc1ccccc1C)c1ccc([N+](=O)[O-])cc1. The van der Waals surface area contributed by atoms with E-state index in [1.807, 2.05) is 36.4 Å². The van der Waals surface area contributed by atoms with Crippen LogP contribution in [0.25, 0.3) is 0 Å². The summed E-state index contributed by atoms with van der Waals surface area (Å²) in [6.07, 6.45) is 0. The highest BCUT2D eigenvalue weighted by Gasteiger charge is 2.18. The first-order chi connectivity index (χ1) is 12.5. The molecule has 0 N–H and O–H groups in total. The minimum atomic E-state index is -0.359. The van der Waals surface area contributed by atoms with Gasteiger partial charge in [0.25, 0.3) is 5.69 Å². The molecule has 5 heteroatoms. The van der Waals surface area contributed by atoms with E-state index >= 15 is 0 Å². The summed E-state index contributed by atoms with van der Waals surface area (Å²) in [6, 6.07) is 23.5. The Labute approximate surface area is 162 Å². The van der Waals surface area contributed by atoms with Gasteiger partial charge in [-0.3, -0.25) is 10.1 Å². The fourth-order valence-corrected chi connectivity index (χ4v) is 5.21. The Morgan fingerprint density at radius 3 is 1.65 bits per heavy atom. The van der Waals surface area contributed by atoms with E-state index in [1.54, 1.807) is 35.7 Å². The quantitative estimate of drug-likeness (QED) is 0.204. The first kappa shape index (κ1) is 18.5. The maximum Gasteiger partial charge on any atom is 0.269 e. The van der Waals surface area contributed by atoms with E-state index in [0.717, 1.165) is 5.56 Å². The summed E-state index contributed by atoms with van der Waals surface area (Å²) >= 11 is 3.56. The number of non-ortho nitro benzene ring substituents is 1. The predicted octanol–water partition coefficient (Wildman–Crippen LogP) is 6.79. The van der Waals surface area contributed by atoms with E-state index in [9.17, 15) is 10.1 Å². The van der Waals surface area contributed by atoms with Gasteiger partial charge in [-0.05, 0) is 42.7 Å². The van der Waals surface area contributed by atoms with Crippen molar-refractivity contribution in [3.05, 3.63) is 99.6 Å². The van der Waals surface area contributed by atoms with Crippen LogP contribution >= 0.6 is 23.5 Å². The zero-order valence-electron chi connectivity index (χ0n) is 14.6. The Kier molecular flexibility index (Phi) is 6.01. The molecule has 0 fully saturated rings. The molecule has 26 heavy (non-hydrogen) atoms. The average Bonchev–Trinajstić information content (AvgIpc) is 2.64. The third kappa shape index (κ3) is 4.48. The highest BCUT2D eigenvalue weighted by molar-refractivity contribution is 8.16. The zero-order valence-corrected chi connectivity index (χ0v) is 16.2. The molecule has 3 rings (SSSR count). The predicted molar refractivity (Wildman–Crippen MR) is 110 cm³/mol. The van der Waals surface area contributed by atoms with Gasteiger partial charge in [0.05, 0.1) is 9.51 Å². The van der Waals surface area contributed by atoms with Crippen LogP contribution in [0.1, 0.15) is 21.3 Å². The van der Waals surface area contributed by atoms with Crippen molar-refractivity contribution in [3.8, 4) is 0 Å². The van der Waals surface area contributed by atoms with Crippen molar-refractivity contribution < 1.29 is 4.92 Å². The third-order valence-corrected chi connectivity index (χ3v) is 7.01. The lowest BCUT2D eigenvalue weighted by atomic mass is 10.2. The Hall–Kier alpha value is -2.24. The third-order valence-electron chi connectivity index (χ3n) is 4.03. The smallest absolute Gasteiger partial charge is 0.258 e. The molecule has 0 spiro atoms. The maximum atomic E-state index is 10.9. The molecule has 0 radical (unpaired) electrons. The molecule has 0 atom stereocenters. The number of nitrogens with zero attached hydrogens (tertiary/aromatic N) is 1. The lowest BCUT2D eigenvalue weighted by Gasteiger charge is -2.19. The van der Waals surface area contributed by atoms with Crippen LogP contribution < -0.4 is 0 Å². The lowest BCUT2D eigenvalue weighted by Crippen LogP contribution is -1.94. The number of nitro groups is 1. The topological polar surface area (TPSA) is 43.1 Å². The van der Waals surface area contributed by atoms with Crippen LogP contribution in [-0.4, -0.2) is 4.92 Å². The number of rotatable bonds is 6. The molecule has 3 aromatic rings. The molecule has 0 heterocycles. The van der Waals surface area contributed by atoms with E-state index in [0.29, 0.717) is 0 Å². The second-order valence-corrected chi connectivity index (χ2v) is 8.54. The molecule has 0 aliphatic rings. The highest BCUT2D eigenvalue weighted by atomic mass is 32.2. The second-order valence-electron chi connectivity index (χ2n) is 5.95. The van der Waals surface area contributed by atoms with Crippen molar-refractivity contribution in [1.29, 1.82) is 0 Å². The molecular weight excluding hydrogens is 362 g/mol. The van der Waals surface area contributed by atoms with Gasteiger partial charge in [0.15, 0.2) is 0 Å². The summed E-state index contributed by atoms with van der Waals surface area (Å²) in [6.45, 7) is 4.21. The van der Waals surface area contributed by atoms with Crippen molar-refractivity contribution in [2.24, 2.45) is 0 Å². The van der Waals surface area contributed by atoms with Gasteiger partial charge in [0.2, 0.25) is 0 Å². The van der Waals surface area contributed by atoms with Crippen LogP contribution in [0.5, 0.6) is 0 Å². The monoisotopic (exact) mass is 381 g/mol. The molecular formula is C21H19NO2S2. The molecule has 3 nitrogen and oxygen atoms in total. The number of thioether (sulfide) groups is 2. The molecule has 0 saturated carbocycles. The van der Waals surface area contributed by atoms with Crippen LogP contribution in [0.4, 0.5) is 5.69 Å². The van der Waals surface area contributed by atoms with Gasteiger partial charge in [-0.25, -0.2) is 0 Å². The summed E-state index contributed by atoms with van der Waals surface area (Å²) in [7, 11) is 0. The minimum absolute atomic E-state index is 0.109. The maximum absolute atomic E-state index is 10.9. The molecule has 0 aliphatic carbocycles. The van der Waals surface area contributed by atoms with Crippen LogP contribution in [0.15, 0.2) is 82.6 Å². The Morgan fingerprint density at radius 1 is 0.769 bits per heavy atom. The highest BCUT2D eigenvalue weighted by Crippen LogP contribution is 2.48. The molecule has 3 aromatic carbocycles. The van der Waals surface area contributed by atoms with Gasteiger partial charge in [-0.2, -0.15) is 0 Å². The largest absolute Gasteiger partial charge is 0.269 e. The summed E-state index contributed by atoms with van der Waals surface area (Å²) in [4.78, 5) is 13.0. The van der Waals surface area contributed by atoms with Crippen molar-refractivity contribution in [3.63, 3.8) is 0 Å². The van der Waals surface area contributed by atoms with E-state index in [1.165, 1.54) is 20.9 Å². The summed E-state index contributed by atoms with van der Waals surface area (Å²) in [5, 5.41) is 10.9. The Morgan fingerprint density at radius 2 is 1.23 bits per heavy atom. The van der Waals surface area contributed by atoms with Gasteiger partial charge >= 0.3 is 0 Å². The number of nitro benzene ring substituents is 1. The van der Waals surface area contributed by atoms with Gasteiger partial charge in [-0.15, -0.1) is 23.5 Å².